The molecule has 2 aromatic heterocycles. The van der Waals surface area contributed by atoms with Gasteiger partial charge in [0.2, 0.25) is 0 Å². The molecule has 2 rings (SSSR count). The highest BCUT2D eigenvalue weighted by Crippen LogP contribution is 2.03. The van der Waals surface area contributed by atoms with E-state index in [1.165, 1.54) is 24.9 Å². The first kappa shape index (κ1) is 8.36. The Kier molecular flexibility index (Phi) is 1.94. The molecule has 0 bridgehead atoms. The molecule has 14 heavy (non-hydrogen) atoms. The number of Topliss-reactive ketones (excluding diaryl/α,β-unsaturated/α-hetero) is 2. The quantitative estimate of drug-likeness (QED) is 0.526. The van der Waals surface area contributed by atoms with Crippen LogP contribution in [-0.2, 0) is 0 Å². The van der Waals surface area contributed by atoms with Gasteiger partial charge in [-0.05, 0) is 0 Å². The molecule has 2 aromatic rings. The Labute approximate surface area is 77.6 Å². The second-order valence-electron chi connectivity index (χ2n) is 2.33. The van der Waals surface area contributed by atoms with E-state index in [-0.39, 0.29) is 11.8 Å². The molecule has 0 aliphatic rings. The van der Waals surface area contributed by atoms with Crippen LogP contribution >= 0.6 is 0 Å². The zero-order valence-electron chi connectivity index (χ0n) is 6.84. The summed E-state index contributed by atoms with van der Waals surface area (Å²) in [5, 5.41) is 0. The predicted molar refractivity (Wildman–Crippen MR) is 41.7 cm³/mol. The van der Waals surface area contributed by atoms with Crippen molar-refractivity contribution in [2.75, 3.05) is 0 Å². The molecule has 0 aromatic carbocycles. The summed E-state index contributed by atoms with van der Waals surface area (Å²) in [6, 6.07) is 0. The van der Waals surface area contributed by atoms with Gasteiger partial charge in [-0.25, -0.2) is 9.97 Å². The molecule has 0 saturated carbocycles. The standard InChI is InChI=1S/C8H4N2O4/c11-5(7-9-1-3-13-7)6(12)8-10-2-4-14-8/h1-4H. The number of carbonyl (C=O) groups is 2. The van der Waals surface area contributed by atoms with E-state index in [4.69, 9.17) is 0 Å². The molecule has 0 amide bonds. The SMILES string of the molecule is O=C(C(=O)c1ncco1)c1ncco1. The van der Waals surface area contributed by atoms with Gasteiger partial charge in [-0.15, -0.1) is 0 Å². The van der Waals surface area contributed by atoms with Crippen LogP contribution in [0.5, 0.6) is 0 Å². The molecule has 0 atom stereocenters. The van der Waals surface area contributed by atoms with E-state index >= 15 is 0 Å². The summed E-state index contributed by atoms with van der Waals surface area (Å²) in [6.07, 6.45) is 4.96. The van der Waals surface area contributed by atoms with Gasteiger partial charge in [0.05, 0.1) is 12.4 Å². The number of hydrogen-bond acceptors (Lipinski definition) is 6. The zero-order chi connectivity index (χ0) is 9.97. The van der Waals surface area contributed by atoms with Crippen LogP contribution in [0.1, 0.15) is 21.4 Å². The van der Waals surface area contributed by atoms with Crippen molar-refractivity contribution in [3.8, 4) is 0 Å². The summed E-state index contributed by atoms with van der Waals surface area (Å²) in [6.45, 7) is 0. The van der Waals surface area contributed by atoms with Gasteiger partial charge >= 0.3 is 0 Å². The molecule has 70 valence electrons. The van der Waals surface area contributed by atoms with Crippen molar-refractivity contribution < 1.29 is 18.4 Å². The van der Waals surface area contributed by atoms with Crippen LogP contribution < -0.4 is 0 Å². The fourth-order valence-electron chi connectivity index (χ4n) is 0.865. The molecule has 0 aliphatic heterocycles. The Bertz CT molecular complexity index is 399. The van der Waals surface area contributed by atoms with Crippen LogP contribution in [0.4, 0.5) is 0 Å². The summed E-state index contributed by atoms with van der Waals surface area (Å²) >= 11 is 0. The largest absolute Gasteiger partial charge is 0.442 e. The Balaban J connectivity index is 2.26. The van der Waals surface area contributed by atoms with E-state index in [0.29, 0.717) is 0 Å². The van der Waals surface area contributed by atoms with Gasteiger partial charge in [-0.2, -0.15) is 0 Å². The Morgan fingerprint density at radius 3 is 1.64 bits per heavy atom. The third-order valence-electron chi connectivity index (χ3n) is 1.46. The number of carbonyl (C=O) groups excluding carboxylic acids is 2. The van der Waals surface area contributed by atoms with Gasteiger partial charge in [0.25, 0.3) is 23.3 Å². The second-order valence-corrected chi connectivity index (χ2v) is 2.33. The van der Waals surface area contributed by atoms with Crippen LogP contribution in [-0.4, -0.2) is 21.5 Å². The minimum absolute atomic E-state index is 0.270. The molecule has 0 spiro atoms. The maximum atomic E-state index is 11.3. The lowest BCUT2D eigenvalue weighted by molar-refractivity contribution is 0.0777. The number of nitrogens with zero attached hydrogens (tertiary/aromatic N) is 2. The lowest BCUT2D eigenvalue weighted by Gasteiger charge is -1.89. The second kappa shape index (κ2) is 3.25. The third-order valence-corrected chi connectivity index (χ3v) is 1.46. The molecule has 0 fully saturated rings. The van der Waals surface area contributed by atoms with Crippen LogP contribution in [0, 0.1) is 0 Å². The van der Waals surface area contributed by atoms with Crippen molar-refractivity contribution in [3.05, 3.63) is 36.7 Å². The number of rotatable bonds is 3. The predicted octanol–water partition coefficient (Wildman–Crippen LogP) is 0.728. The summed E-state index contributed by atoms with van der Waals surface area (Å²) in [4.78, 5) is 29.7. The minimum Gasteiger partial charge on any atom is -0.442 e. The highest BCUT2D eigenvalue weighted by atomic mass is 16.4. The van der Waals surface area contributed by atoms with E-state index in [1.807, 2.05) is 0 Å². The van der Waals surface area contributed by atoms with Gasteiger partial charge in [-0.1, -0.05) is 0 Å². The van der Waals surface area contributed by atoms with Gasteiger partial charge in [0, 0.05) is 0 Å². The summed E-state index contributed by atoms with van der Waals surface area (Å²) < 4.78 is 9.33. The van der Waals surface area contributed by atoms with E-state index in [0.717, 1.165) is 0 Å². The zero-order valence-corrected chi connectivity index (χ0v) is 6.84. The van der Waals surface area contributed by atoms with Crippen LogP contribution in [0.2, 0.25) is 0 Å². The highest BCUT2D eigenvalue weighted by molar-refractivity contribution is 6.47. The number of oxazole rings is 2. The summed E-state index contributed by atoms with van der Waals surface area (Å²) in [7, 11) is 0. The lowest BCUT2D eigenvalue weighted by Crippen LogP contribution is -2.14. The van der Waals surface area contributed by atoms with E-state index in [9.17, 15) is 9.59 Å². The van der Waals surface area contributed by atoms with Gasteiger partial charge in [-0.3, -0.25) is 9.59 Å². The van der Waals surface area contributed by atoms with Crippen LogP contribution in [0.25, 0.3) is 0 Å². The Morgan fingerprint density at radius 1 is 0.929 bits per heavy atom. The molecule has 0 saturated heterocycles. The fourth-order valence-corrected chi connectivity index (χ4v) is 0.865. The Hall–Kier alpha value is -2.24. The normalized spacial score (nSPS) is 10.0. The van der Waals surface area contributed by atoms with Crippen molar-refractivity contribution in [2.24, 2.45) is 0 Å². The first-order chi connectivity index (χ1) is 6.79. The molecule has 2 heterocycles. The fraction of sp³-hybridized carbons (Fsp3) is 0. The van der Waals surface area contributed by atoms with Crippen molar-refractivity contribution >= 4 is 11.6 Å². The molecule has 0 unspecified atom stereocenters. The van der Waals surface area contributed by atoms with Crippen molar-refractivity contribution in [2.45, 2.75) is 0 Å². The molecular formula is C8H4N2O4. The maximum absolute atomic E-state index is 11.3. The molecule has 6 nitrogen and oxygen atoms in total. The third kappa shape index (κ3) is 1.33. The van der Waals surface area contributed by atoms with Crippen molar-refractivity contribution in [1.29, 1.82) is 0 Å². The average molecular weight is 192 g/mol. The van der Waals surface area contributed by atoms with Crippen LogP contribution in [0.15, 0.2) is 33.8 Å². The molecule has 6 heteroatoms. The molecule has 0 radical (unpaired) electrons. The maximum Gasteiger partial charge on any atom is 0.293 e. The summed E-state index contributed by atoms with van der Waals surface area (Å²) in [5.74, 6) is -2.30. The van der Waals surface area contributed by atoms with Gasteiger partial charge in [0.15, 0.2) is 0 Å². The highest BCUT2D eigenvalue weighted by Gasteiger charge is 2.25. The average Bonchev–Trinajstić information content (AvgIpc) is 2.87. The van der Waals surface area contributed by atoms with E-state index in [1.54, 1.807) is 0 Å². The number of hydrogen-bond donors (Lipinski definition) is 0. The molecule has 0 N–H and O–H groups in total. The molecular weight excluding hydrogens is 188 g/mol. The van der Waals surface area contributed by atoms with E-state index < -0.39 is 11.6 Å². The number of ketones is 2. The van der Waals surface area contributed by atoms with Gasteiger partial charge in [0.1, 0.15) is 12.5 Å². The lowest BCUT2D eigenvalue weighted by atomic mass is 10.2. The Morgan fingerprint density at radius 2 is 1.36 bits per heavy atom. The van der Waals surface area contributed by atoms with Crippen LogP contribution in [0.3, 0.4) is 0 Å². The van der Waals surface area contributed by atoms with Crippen molar-refractivity contribution in [3.63, 3.8) is 0 Å². The van der Waals surface area contributed by atoms with Gasteiger partial charge < -0.3 is 8.83 Å². The first-order valence-electron chi connectivity index (χ1n) is 3.67. The molecule has 0 aliphatic carbocycles. The van der Waals surface area contributed by atoms with Crippen molar-refractivity contribution in [1.82, 2.24) is 9.97 Å². The summed E-state index contributed by atoms with van der Waals surface area (Å²) in [5.41, 5.74) is 0. The van der Waals surface area contributed by atoms with E-state index in [2.05, 4.69) is 18.8 Å². The first-order valence-corrected chi connectivity index (χ1v) is 3.67. The number of aromatic nitrogens is 2. The topological polar surface area (TPSA) is 86.2 Å². The smallest absolute Gasteiger partial charge is 0.293 e. The minimum atomic E-state index is -0.877. The monoisotopic (exact) mass is 192 g/mol.